The molecule has 3 heteroatoms. The minimum atomic E-state index is 0.271. The Morgan fingerprint density at radius 3 is 2.93 bits per heavy atom. The fraction of sp³-hybridized carbons (Fsp3) is 0.917. The van der Waals surface area contributed by atoms with Gasteiger partial charge in [0.15, 0.2) is 0 Å². The Balaban J connectivity index is 1.69. The normalized spacial score (nSPS) is 39.1. The third-order valence-electron chi connectivity index (χ3n) is 4.16. The molecule has 1 aliphatic carbocycles. The average molecular weight is 210 g/mol. The summed E-state index contributed by atoms with van der Waals surface area (Å²) in [6.45, 7) is 6.31. The van der Waals surface area contributed by atoms with Gasteiger partial charge < -0.3 is 10.6 Å². The molecule has 2 aliphatic rings. The highest BCUT2D eigenvalue weighted by molar-refractivity contribution is 5.82. The van der Waals surface area contributed by atoms with Crippen LogP contribution in [0.15, 0.2) is 0 Å². The second-order valence-corrected chi connectivity index (χ2v) is 5.30. The lowest BCUT2D eigenvalue weighted by Crippen LogP contribution is -2.38. The topological polar surface area (TPSA) is 41.1 Å². The Labute approximate surface area is 92.0 Å². The molecule has 3 atom stereocenters. The molecule has 0 aromatic rings. The summed E-state index contributed by atoms with van der Waals surface area (Å²) in [6.07, 6.45) is 4.65. The molecule has 1 saturated heterocycles. The maximum Gasteiger partial charge on any atom is 0.223 e. The Kier molecular flexibility index (Phi) is 3.01. The van der Waals surface area contributed by atoms with Crippen molar-refractivity contribution in [2.75, 3.05) is 13.1 Å². The number of rotatable bonds is 4. The predicted molar refractivity (Wildman–Crippen MR) is 60.5 cm³/mol. The first-order valence-electron chi connectivity index (χ1n) is 6.17. The molecule has 86 valence electrons. The van der Waals surface area contributed by atoms with Gasteiger partial charge in [0.1, 0.15) is 0 Å². The minimum absolute atomic E-state index is 0.271. The second kappa shape index (κ2) is 4.12. The SMILES string of the molecule is CCC1(C)CC1C(=O)NCC1CCCN1. The molecule has 1 saturated carbocycles. The number of carbonyl (C=O) groups is 1. The van der Waals surface area contributed by atoms with E-state index in [1.54, 1.807) is 0 Å². The summed E-state index contributed by atoms with van der Waals surface area (Å²) in [5.41, 5.74) is 0.299. The third-order valence-corrected chi connectivity index (χ3v) is 4.16. The lowest BCUT2D eigenvalue weighted by atomic mass is 10.0. The largest absolute Gasteiger partial charge is 0.354 e. The van der Waals surface area contributed by atoms with Crippen LogP contribution in [0.2, 0.25) is 0 Å². The van der Waals surface area contributed by atoms with Gasteiger partial charge >= 0.3 is 0 Å². The fourth-order valence-electron chi connectivity index (χ4n) is 2.49. The van der Waals surface area contributed by atoms with E-state index in [1.165, 1.54) is 12.8 Å². The highest BCUT2D eigenvalue weighted by Gasteiger charge is 2.52. The number of hydrogen-bond acceptors (Lipinski definition) is 2. The summed E-state index contributed by atoms with van der Waals surface area (Å²) >= 11 is 0. The van der Waals surface area contributed by atoms with Crippen molar-refractivity contribution >= 4 is 5.91 Å². The molecule has 2 fully saturated rings. The van der Waals surface area contributed by atoms with Crippen molar-refractivity contribution in [3.8, 4) is 0 Å². The van der Waals surface area contributed by atoms with E-state index in [0.29, 0.717) is 11.5 Å². The van der Waals surface area contributed by atoms with Crippen LogP contribution in [0.4, 0.5) is 0 Å². The third kappa shape index (κ3) is 2.33. The lowest BCUT2D eigenvalue weighted by molar-refractivity contribution is -0.123. The summed E-state index contributed by atoms with van der Waals surface area (Å²) in [5, 5.41) is 6.47. The number of carbonyl (C=O) groups excluding carboxylic acids is 1. The van der Waals surface area contributed by atoms with Gasteiger partial charge in [-0.3, -0.25) is 4.79 Å². The molecule has 3 nitrogen and oxygen atoms in total. The Morgan fingerprint density at radius 2 is 2.40 bits per heavy atom. The van der Waals surface area contributed by atoms with Crippen LogP contribution >= 0.6 is 0 Å². The van der Waals surface area contributed by atoms with Crippen molar-refractivity contribution in [1.29, 1.82) is 0 Å². The summed E-state index contributed by atoms with van der Waals surface area (Å²) in [6, 6.07) is 0.514. The first-order valence-corrected chi connectivity index (χ1v) is 6.17. The number of amides is 1. The monoisotopic (exact) mass is 210 g/mol. The second-order valence-electron chi connectivity index (χ2n) is 5.30. The van der Waals surface area contributed by atoms with Gasteiger partial charge in [0, 0.05) is 18.5 Å². The Bertz CT molecular complexity index is 248. The van der Waals surface area contributed by atoms with Gasteiger partial charge in [0.25, 0.3) is 0 Å². The first-order chi connectivity index (χ1) is 7.15. The van der Waals surface area contributed by atoms with Crippen molar-refractivity contribution in [2.45, 2.75) is 45.6 Å². The van der Waals surface area contributed by atoms with Crippen LogP contribution in [-0.2, 0) is 4.79 Å². The highest BCUT2D eigenvalue weighted by Crippen LogP contribution is 2.54. The molecule has 15 heavy (non-hydrogen) atoms. The predicted octanol–water partition coefficient (Wildman–Crippen LogP) is 1.29. The van der Waals surface area contributed by atoms with Gasteiger partial charge in [-0.1, -0.05) is 13.8 Å². The quantitative estimate of drug-likeness (QED) is 0.734. The zero-order valence-corrected chi connectivity index (χ0v) is 9.81. The molecule has 2 N–H and O–H groups in total. The van der Waals surface area contributed by atoms with E-state index in [4.69, 9.17) is 0 Å². The molecule has 0 aromatic carbocycles. The van der Waals surface area contributed by atoms with E-state index < -0.39 is 0 Å². The smallest absolute Gasteiger partial charge is 0.223 e. The summed E-state index contributed by atoms with van der Waals surface area (Å²) in [5.74, 6) is 0.553. The zero-order valence-electron chi connectivity index (χ0n) is 9.81. The molecule has 1 heterocycles. The Hall–Kier alpha value is -0.570. The van der Waals surface area contributed by atoms with E-state index in [9.17, 15) is 4.79 Å². The van der Waals surface area contributed by atoms with Crippen LogP contribution in [0.1, 0.15) is 39.5 Å². The first kappa shape index (κ1) is 10.9. The van der Waals surface area contributed by atoms with E-state index in [-0.39, 0.29) is 11.8 Å². The molecule has 0 aromatic heterocycles. The molecular weight excluding hydrogens is 188 g/mol. The van der Waals surface area contributed by atoms with E-state index in [0.717, 1.165) is 25.9 Å². The van der Waals surface area contributed by atoms with Crippen LogP contribution in [-0.4, -0.2) is 25.0 Å². The molecule has 0 radical (unpaired) electrons. The van der Waals surface area contributed by atoms with Crippen molar-refractivity contribution in [3.63, 3.8) is 0 Å². The zero-order chi connectivity index (χ0) is 10.9. The van der Waals surface area contributed by atoms with Gasteiger partial charge in [0.05, 0.1) is 0 Å². The van der Waals surface area contributed by atoms with Gasteiger partial charge in [-0.2, -0.15) is 0 Å². The van der Waals surface area contributed by atoms with E-state index >= 15 is 0 Å². The highest BCUT2D eigenvalue weighted by atomic mass is 16.2. The fourth-order valence-corrected chi connectivity index (χ4v) is 2.49. The van der Waals surface area contributed by atoms with Crippen LogP contribution in [0.5, 0.6) is 0 Å². The van der Waals surface area contributed by atoms with Crippen LogP contribution in [0.25, 0.3) is 0 Å². The van der Waals surface area contributed by atoms with Gasteiger partial charge in [0.2, 0.25) is 5.91 Å². The molecular formula is C12H22N2O. The van der Waals surface area contributed by atoms with Gasteiger partial charge in [-0.25, -0.2) is 0 Å². The van der Waals surface area contributed by atoms with Crippen molar-refractivity contribution in [1.82, 2.24) is 10.6 Å². The number of nitrogens with one attached hydrogen (secondary N) is 2. The molecule has 2 rings (SSSR count). The van der Waals surface area contributed by atoms with Crippen molar-refractivity contribution < 1.29 is 4.79 Å². The lowest BCUT2D eigenvalue weighted by Gasteiger charge is -2.12. The van der Waals surface area contributed by atoms with E-state index in [1.807, 2.05) is 0 Å². The van der Waals surface area contributed by atoms with Crippen LogP contribution in [0.3, 0.4) is 0 Å². The standard InChI is InChI=1S/C12H22N2O/c1-3-12(2)7-10(12)11(15)14-8-9-5-4-6-13-9/h9-10,13H,3-8H2,1-2H3,(H,14,15). The van der Waals surface area contributed by atoms with E-state index in [2.05, 4.69) is 24.5 Å². The summed E-state index contributed by atoms with van der Waals surface area (Å²) in [7, 11) is 0. The van der Waals surface area contributed by atoms with Crippen LogP contribution < -0.4 is 10.6 Å². The van der Waals surface area contributed by atoms with Crippen molar-refractivity contribution in [2.24, 2.45) is 11.3 Å². The summed E-state index contributed by atoms with van der Waals surface area (Å²) in [4.78, 5) is 11.8. The maximum absolute atomic E-state index is 11.8. The van der Waals surface area contributed by atoms with Crippen LogP contribution in [0, 0.1) is 11.3 Å². The minimum Gasteiger partial charge on any atom is -0.354 e. The average Bonchev–Trinajstić information content (AvgIpc) is 2.70. The molecule has 1 aliphatic heterocycles. The Morgan fingerprint density at radius 1 is 1.60 bits per heavy atom. The maximum atomic E-state index is 11.8. The molecule has 0 bridgehead atoms. The van der Waals surface area contributed by atoms with Gasteiger partial charge in [-0.05, 0) is 37.6 Å². The van der Waals surface area contributed by atoms with Crippen molar-refractivity contribution in [3.05, 3.63) is 0 Å². The summed E-state index contributed by atoms with van der Waals surface area (Å²) < 4.78 is 0. The molecule has 0 spiro atoms. The molecule has 3 unspecified atom stereocenters. The van der Waals surface area contributed by atoms with Gasteiger partial charge in [-0.15, -0.1) is 0 Å². The number of hydrogen-bond donors (Lipinski definition) is 2. The molecule has 1 amide bonds.